The summed E-state index contributed by atoms with van der Waals surface area (Å²) in [6, 6.07) is 0. The molecule has 0 aromatic carbocycles. The maximum absolute atomic E-state index is 10.2. The Morgan fingerprint density at radius 2 is 2.45 bits per heavy atom. The molecule has 1 heterocycles. The molecule has 62 valence electrons. The first-order valence-corrected chi connectivity index (χ1v) is 4.15. The zero-order valence-electron chi connectivity index (χ0n) is 6.93. The smallest absolute Gasteiger partial charge is 0.123 e. The van der Waals surface area contributed by atoms with Gasteiger partial charge in [-0.1, -0.05) is 0 Å². The summed E-state index contributed by atoms with van der Waals surface area (Å²) >= 11 is 0. The molecule has 0 aromatic rings. The molecule has 1 aliphatic heterocycles. The van der Waals surface area contributed by atoms with E-state index in [1.807, 2.05) is 12.9 Å². The van der Waals surface area contributed by atoms with Crippen molar-refractivity contribution in [2.24, 2.45) is 0 Å². The lowest BCUT2D eigenvalue weighted by molar-refractivity contribution is 0.0170. The van der Waals surface area contributed by atoms with E-state index in [4.69, 9.17) is 4.74 Å². The summed E-state index contributed by atoms with van der Waals surface area (Å²) in [5, 5.41) is 0. The number of rotatable bonds is 2. The van der Waals surface area contributed by atoms with Crippen LogP contribution in [0.3, 0.4) is 0 Å². The molecule has 0 saturated carbocycles. The van der Waals surface area contributed by atoms with Crippen LogP contribution in [-0.4, -0.2) is 18.7 Å². The third-order valence-electron chi connectivity index (χ3n) is 1.98. The maximum Gasteiger partial charge on any atom is 0.123 e. The molecule has 0 aromatic heterocycles. The van der Waals surface area contributed by atoms with Gasteiger partial charge in [0.05, 0.1) is 6.10 Å². The highest BCUT2D eigenvalue weighted by atomic mass is 16.5. The third kappa shape index (κ3) is 2.87. The van der Waals surface area contributed by atoms with Gasteiger partial charge in [-0.3, -0.25) is 0 Å². The molecular weight excluding hydrogens is 140 g/mol. The Balaban J connectivity index is 2.30. The van der Waals surface area contributed by atoms with Gasteiger partial charge in [0, 0.05) is 18.6 Å². The first-order valence-electron chi connectivity index (χ1n) is 4.15. The predicted molar refractivity (Wildman–Crippen MR) is 43.1 cm³/mol. The highest BCUT2D eigenvalue weighted by molar-refractivity contribution is 5.51. The molecule has 2 heteroatoms. The summed E-state index contributed by atoms with van der Waals surface area (Å²) in [5.74, 6) is 1.90. The second-order valence-electron chi connectivity index (χ2n) is 3.08. The van der Waals surface area contributed by atoms with Crippen molar-refractivity contribution in [3.63, 3.8) is 0 Å². The van der Waals surface area contributed by atoms with E-state index in [2.05, 4.69) is 0 Å². The van der Waals surface area contributed by atoms with E-state index >= 15 is 0 Å². The highest BCUT2D eigenvalue weighted by Crippen LogP contribution is 2.17. The normalized spacial score (nSPS) is 24.3. The summed E-state index contributed by atoms with van der Waals surface area (Å²) in [4.78, 5) is 10.2. The van der Waals surface area contributed by atoms with Crippen LogP contribution in [-0.2, 0) is 9.53 Å². The molecule has 0 spiro atoms. The number of hydrogen-bond acceptors (Lipinski definition) is 2. The van der Waals surface area contributed by atoms with Crippen LogP contribution < -0.4 is 0 Å². The van der Waals surface area contributed by atoms with Gasteiger partial charge in [-0.2, -0.15) is 0 Å². The molecular formula is C9H14O2. The molecule has 0 radical (unpaired) electrons. The van der Waals surface area contributed by atoms with Crippen molar-refractivity contribution < 1.29 is 9.53 Å². The van der Waals surface area contributed by atoms with Crippen LogP contribution in [0.4, 0.5) is 0 Å². The van der Waals surface area contributed by atoms with Crippen LogP contribution >= 0.6 is 0 Å². The quantitative estimate of drug-likeness (QED) is 0.566. The average molecular weight is 154 g/mol. The van der Waals surface area contributed by atoms with Gasteiger partial charge in [-0.15, -0.1) is 0 Å². The molecule has 0 N–H and O–H groups in total. The van der Waals surface area contributed by atoms with Crippen molar-refractivity contribution in [3.05, 3.63) is 5.57 Å². The molecule has 1 atom stereocenters. The van der Waals surface area contributed by atoms with Gasteiger partial charge < -0.3 is 4.74 Å². The lowest BCUT2D eigenvalue weighted by Crippen LogP contribution is -2.19. The second kappa shape index (κ2) is 4.32. The standard InChI is InChI=1S/C9H14O2/c1-8(7-10)6-9-4-2-3-5-11-9/h9H,2-6H2,1H3. The summed E-state index contributed by atoms with van der Waals surface area (Å²) in [6.45, 7) is 2.67. The van der Waals surface area contributed by atoms with Crippen molar-refractivity contribution in [1.82, 2.24) is 0 Å². The minimum atomic E-state index is 0.283. The highest BCUT2D eigenvalue weighted by Gasteiger charge is 2.13. The molecule has 1 aliphatic rings. The van der Waals surface area contributed by atoms with Crippen LogP contribution in [0, 0.1) is 0 Å². The number of carbonyl (C=O) groups excluding carboxylic acids is 1. The van der Waals surface area contributed by atoms with E-state index in [0.717, 1.165) is 25.0 Å². The lowest BCUT2D eigenvalue weighted by atomic mass is 10.0. The monoisotopic (exact) mass is 154 g/mol. The van der Waals surface area contributed by atoms with Gasteiger partial charge in [0.25, 0.3) is 0 Å². The van der Waals surface area contributed by atoms with Crippen molar-refractivity contribution in [3.8, 4) is 0 Å². The number of ether oxygens (including phenoxy) is 1. The van der Waals surface area contributed by atoms with Crippen LogP contribution in [0.15, 0.2) is 5.57 Å². The summed E-state index contributed by atoms with van der Waals surface area (Å²) in [5.41, 5.74) is 0.775. The minimum Gasteiger partial charge on any atom is -0.378 e. The van der Waals surface area contributed by atoms with Crippen molar-refractivity contribution in [2.75, 3.05) is 6.61 Å². The zero-order valence-corrected chi connectivity index (χ0v) is 6.93. The minimum absolute atomic E-state index is 0.283. The molecule has 11 heavy (non-hydrogen) atoms. The Labute approximate surface area is 67.2 Å². The molecule has 1 rings (SSSR count). The van der Waals surface area contributed by atoms with Crippen LogP contribution in [0.1, 0.15) is 32.6 Å². The molecule has 0 amide bonds. The summed E-state index contributed by atoms with van der Waals surface area (Å²) < 4.78 is 5.45. The third-order valence-corrected chi connectivity index (χ3v) is 1.98. The van der Waals surface area contributed by atoms with Gasteiger partial charge in [0.15, 0.2) is 0 Å². The van der Waals surface area contributed by atoms with Gasteiger partial charge >= 0.3 is 0 Å². The lowest BCUT2D eigenvalue weighted by Gasteiger charge is -2.21. The van der Waals surface area contributed by atoms with Crippen molar-refractivity contribution in [2.45, 2.75) is 38.7 Å². The fraction of sp³-hybridized carbons (Fsp3) is 0.778. The summed E-state index contributed by atoms with van der Waals surface area (Å²) in [7, 11) is 0. The van der Waals surface area contributed by atoms with Gasteiger partial charge in [0.1, 0.15) is 5.94 Å². The fourth-order valence-corrected chi connectivity index (χ4v) is 1.35. The molecule has 2 nitrogen and oxygen atoms in total. The Hall–Kier alpha value is -0.590. The van der Waals surface area contributed by atoms with E-state index in [-0.39, 0.29) is 6.10 Å². The molecule has 1 unspecified atom stereocenters. The van der Waals surface area contributed by atoms with E-state index in [0.29, 0.717) is 0 Å². The van der Waals surface area contributed by atoms with Gasteiger partial charge in [0.2, 0.25) is 0 Å². The Bertz CT molecular complexity index is 162. The second-order valence-corrected chi connectivity index (χ2v) is 3.08. The first-order chi connectivity index (χ1) is 5.33. The largest absolute Gasteiger partial charge is 0.378 e. The zero-order chi connectivity index (χ0) is 8.10. The predicted octanol–water partition coefficient (Wildman–Crippen LogP) is 1.72. The fourth-order valence-electron chi connectivity index (χ4n) is 1.35. The van der Waals surface area contributed by atoms with Crippen LogP contribution in [0.5, 0.6) is 0 Å². The Morgan fingerprint density at radius 1 is 1.64 bits per heavy atom. The van der Waals surface area contributed by atoms with Gasteiger partial charge in [-0.05, 0) is 26.2 Å². The molecule has 0 bridgehead atoms. The molecule has 1 fully saturated rings. The molecule has 0 aliphatic carbocycles. The average Bonchev–Trinajstić information content (AvgIpc) is 2.06. The Kier molecular flexibility index (Phi) is 3.34. The van der Waals surface area contributed by atoms with E-state index < -0.39 is 0 Å². The van der Waals surface area contributed by atoms with E-state index in [1.165, 1.54) is 12.8 Å². The van der Waals surface area contributed by atoms with Crippen molar-refractivity contribution >= 4 is 5.94 Å². The SMILES string of the molecule is CC(=C=O)CC1CCCCO1. The first kappa shape index (κ1) is 8.51. The maximum atomic E-state index is 10.2. The van der Waals surface area contributed by atoms with E-state index in [9.17, 15) is 4.79 Å². The Morgan fingerprint density at radius 3 is 3.00 bits per heavy atom. The van der Waals surface area contributed by atoms with Crippen molar-refractivity contribution in [1.29, 1.82) is 0 Å². The van der Waals surface area contributed by atoms with Crippen LogP contribution in [0.25, 0.3) is 0 Å². The molecule has 1 saturated heterocycles. The van der Waals surface area contributed by atoms with E-state index in [1.54, 1.807) is 0 Å². The van der Waals surface area contributed by atoms with Crippen LogP contribution in [0.2, 0.25) is 0 Å². The summed E-state index contributed by atoms with van der Waals surface area (Å²) in [6.07, 6.45) is 4.55. The topological polar surface area (TPSA) is 26.3 Å². The number of hydrogen-bond donors (Lipinski definition) is 0. The van der Waals surface area contributed by atoms with Gasteiger partial charge in [-0.25, -0.2) is 4.79 Å².